The molecule has 22 heteroatoms. The van der Waals surface area contributed by atoms with Crippen molar-refractivity contribution >= 4 is 81.4 Å². The van der Waals surface area contributed by atoms with Gasteiger partial charge in [-0.05, 0) is 112 Å². The molecule has 400 valence electrons. The molecule has 0 saturated heterocycles. The molecule has 2 heterocycles. The van der Waals surface area contributed by atoms with Crippen molar-refractivity contribution < 1.29 is 27.6 Å². The van der Waals surface area contributed by atoms with Crippen LogP contribution in [0, 0.1) is 11.8 Å². The Morgan fingerprint density at radius 3 is 1.46 bits per heavy atom. The third kappa shape index (κ3) is 21.3. The molecule has 8 N–H and O–H groups in total. The topological polar surface area (TPSA) is 249 Å². The van der Waals surface area contributed by atoms with Crippen molar-refractivity contribution in [1.29, 1.82) is 0 Å². The Labute approximate surface area is 433 Å². The Morgan fingerprint density at radius 2 is 1.03 bits per heavy atom. The predicted octanol–water partition coefficient (Wildman–Crippen LogP) is 10.9. The summed E-state index contributed by atoms with van der Waals surface area (Å²) in [5.74, 6) is 3.08. The minimum Gasteiger partial charge on any atom is -0.354 e. The first-order valence-corrected chi connectivity index (χ1v) is 28.1. The van der Waals surface area contributed by atoms with E-state index in [1.807, 2.05) is 0 Å². The standard InChI is InChI=1S/C50H82N14O6S2/c1-9-17-21-37(11-3)35-53-47-57-45(51-29-19-31-63(13-5)14-6)59-49(61-47)55-41-27-25-39(43(33-41)71-70-69-65)23-24-40-26-28-42(34-44(40)72(66,67)68)56-50-60-46(52-30-20-32-64(15-7)16-8)58-48(62-50)54-36-38(12-4)22-18-10-2/h23-28,33-34,37-38,65H,9-22,29-32,35-36H2,1-8H3,(H,66,67,68)(H3,51,53,55,57,59,61)(H3,52,54,56,58,60,62)/b24-23+. The average Bonchev–Trinajstić information content (AvgIpc) is 3.37. The lowest BCUT2D eigenvalue weighted by atomic mass is 9.99. The van der Waals surface area contributed by atoms with Gasteiger partial charge in [0, 0.05) is 42.4 Å². The number of unbranched alkanes of at least 4 members (excludes halogenated alkanes) is 2. The van der Waals surface area contributed by atoms with E-state index in [4.69, 9.17) is 14.6 Å². The molecule has 2 aromatic carbocycles. The molecule has 0 saturated carbocycles. The van der Waals surface area contributed by atoms with Crippen LogP contribution in [0.5, 0.6) is 0 Å². The molecular weight excluding hydrogens is 957 g/mol. The Hall–Kier alpha value is -4.94. The van der Waals surface area contributed by atoms with Gasteiger partial charge in [0.15, 0.2) is 0 Å². The number of aromatic nitrogens is 6. The van der Waals surface area contributed by atoms with E-state index in [0.29, 0.717) is 83.0 Å². The maximum Gasteiger partial charge on any atom is 0.295 e. The summed E-state index contributed by atoms with van der Waals surface area (Å²) in [6.07, 6.45) is 13.8. The van der Waals surface area contributed by atoms with E-state index in [9.17, 15) is 13.0 Å². The molecule has 0 aliphatic heterocycles. The molecule has 2 aromatic heterocycles. The molecule has 0 amide bonds. The summed E-state index contributed by atoms with van der Waals surface area (Å²) in [6, 6.07) is 9.87. The van der Waals surface area contributed by atoms with Crippen LogP contribution in [0.3, 0.4) is 0 Å². The van der Waals surface area contributed by atoms with Gasteiger partial charge in [-0.1, -0.05) is 123 Å². The number of nitrogens with zero attached hydrogens (tertiary/aromatic N) is 8. The van der Waals surface area contributed by atoms with E-state index in [2.05, 4.69) is 127 Å². The third-order valence-corrected chi connectivity index (χ3v) is 14.1. The normalized spacial score (nSPS) is 12.7. The Bertz CT molecular complexity index is 2320. The fourth-order valence-corrected chi connectivity index (χ4v) is 9.13. The number of anilines is 8. The molecule has 2 atom stereocenters. The minimum absolute atomic E-state index is 0.196. The van der Waals surface area contributed by atoms with E-state index < -0.39 is 10.1 Å². The van der Waals surface area contributed by atoms with Gasteiger partial charge < -0.3 is 41.7 Å². The molecule has 0 aliphatic rings. The highest BCUT2D eigenvalue weighted by atomic mass is 32.2. The second-order valence-electron chi connectivity index (χ2n) is 17.6. The molecule has 72 heavy (non-hydrogen) atoms. The number of nitrogens with one attached hydrogen (secondary N) is 6. The zero-order valence-electron chi connectivity index (χ0n) is 43.8. The van der Waals surface area contributed by atoms with Gasteiger partial charge in [-0.15, -0.1) is 4.33 Å². The van der Waals surface area contributed by atoms with Crippen LogP contribution in [-0.4, -0.2) is 123 Å². The molecule has 4 rings (SSSR count). The van der Waals surface area contributed by atoms with Crippen molar-refractivity contribution in [2.75, 3.05) is 97.3 Å². The van der Waals surface area contributed by atoms with E-state index in [1.54, 1.807) is 42.5 Å². The van der Waals surface area contributed by atoms with E-state index >= 15 is 0 Å². The van der Waals surface area contributed by atoms with Gasteiger partial charge in [0.05, 0.1) is 12.0 Å². The van der Waals surface area contributed by atoms with Crippen LogP contribution in [0.4, 0.5) is 47.1 Å². The molecule has 0 fully saturated rings. The lowest BCUT2D eigenvalue weighted by Gasteiger charge is -2.18. The molecule has 0 bridgehead atoms. The van der Waals surface area contributed by atoms with Crippen LogP contribution in [-0.2, 0) is 19.5 Å². The molecule has 4 aromatic rings. The first kappa shape index (κ1) is 59.6. The zero-order valence-corrected chi connectivity index (χ0v) is 45.5. The Balaban J connectivity index is 1.60. The highest BCUT2D eigenvalue weighted by Gasteiger charge is 2.18. The number of rotatable bonds is 38. The number of hydrogen-bond acceptors (Lipinski definition) is 20. The molecule has 2 unspecified atom stereocenters. The summed E-state index contributed by atoms with van der Waals surface area (Å²) in [4.78, 5) is 32.8. The maximum atomic E-state index is 12.9. The van der Waals surface area contributed by atoms with E-state index in [0.717, 1.165) is 122 Å². The van der Waals surface area contributed by atoms with E-state index in [1.165, 1.54) is 6.07 Å². The summed E-state index contributed by atoms with van der Waals surface area (Å²) in [6.45, 7) is 25.9. The third-order valence-electron chi connectivity index (χ3n) is 12.5. The van der Waals surface area contributed by atoms with Crippen molar-refractivity contribution in [3.63, 3.8) is 0 Å². The van der Waals surface area contributed by atoms with Crippen molar-refractivity contribution in [3.8, 4) is 0 Å². The second-order valence-corrected chi connectivity index (χ2v) is 19.7. The first-order valence-electron chi connectivity index (χ1n) is 25.9. The van der Waals surface area contributed by atoms with Gasteiger partial charge >= 0.3 is 0 Å². The summed E-state index contributed by atoms with van der Waals surface area (Å²) < 4.78 is 41.2. The average molecular weight is 1040 g/mol. The van der Waals surface area contributed by atoms with Crippen LogP contribution in [0.15, 0.2) is 46.2 Å². The largest absolute Gasteiger partial charge is 0.354 e. The maximum absolute atomic E-state index is 12.9. The van der Waals surface area contributed by atoms with Crippen molar-refractivity contribution in [1.82, 2.24) is 39.7 Å². The quantitative estimate of drug-likeness (QED) is 0.00519. The van der Waals surface area contributed by atoms with Crippen LogP contribution < -0.4 is 31.9 Å². The SMILES string of the molecule is CCCCC(CC)CNc1nc(NCCCN(CC)CC)nc(Nc2ccc(/C=C/c3ccc(Nc4nc(NCCCN(CC)CC)nc(NCC(CC)CCCC)n4)cc3S(=O)(=O)O)c(SOOO)c2)n1. The molecular formula is C50H82N14O6S2. The van der Waals surface area contributed by atoms with Gasteiger partial charge in [0.1, 0.15) is 4.90 Å². The zero-order chi connectivity index (χ0) is 52.1. The lowest BCUT2D eigenvalue weighted by molar-refractivity contribution is -0.432. The molecule has 0 radical (unpaired) electrons. The predicted molar refractivity (Wildman–Crippen MR) is 294 cm³/mol. The van der Waals surface area contributed by atoms with Gasteiger partial charge in [-0.25, -0.2) is 5.26 Å². The van der Waals surface area contributed by atoms with Gasteiger partial charge in [0.25, 0.3) is 10.1 Å². The van der Waals surface area contributed by atoms with Crippen LogP contribution >= 0.6 is 12.0 Å². The minimum atomic E-state index is -4.72. The number of hydrogen-bond donors (Lipinski definition) is 8. The molecule has 0 aliphatic carbocycles. The molecule has 20 nitrogen and oxygen atoms in total. The summed E-state index contributed by atoms with van der Waals surface area (Å²) in [5, 5.41) is 33.0. The fourth-order valence-electron chi connectivity index (χ4n) is 7.91. The monoisotopic (exact) mass is 1040 g/mol. The van der Waals surface area contributed by atoms with Gasteiger partial charge in [0.2, 0.25) is 35.7 Å². The fraction of sp³-hybridized carbons (Fsp3) is 0.600. The van der Waals surface area contributed by atoms with Crippen LogP contribution in [0.1, 0.15) is 131 Å². The molecule has 0 spiro atoms. The van der Waals surface area contributed by atoms with Gasteiger partial charge in [-0.3, -0.25) is 4.55 Å². The highest BCUT2D eigenvalue weighted by Crippen LogP contribution is 2.32. The Morgan fingerprint density at radius 1 is 0.597 bits per heavy atom. The second kappa shape index (κ2) is 33.0. The lowest BCUT2D eigenvalue weighted by Crippen LogP contribution is -2.25. The Kier molecular flexibility index (Phi) is 27.3. The van der Waals surface area contributed by atoms with Crippen molar-refractivity contribution in [2.24, 2.45) is 11.8 Å². The first-order chi connectivity index (χ1) is 34.9. The van der Waals surface area contributed by atoms with Crippen molar-refractivity contribution in [2.45, 2.75) is 129 Å². The van der Waals surface area contributed by atoms with Crippen LogP contribution in [0.25, 0.3) is 12.2 Å². The summed E-state index contributed by atoms with van der Waals surface area (Å²) >= 11 is 0.733. The van der Waals surface area contributed by atoms with Gasteiger partial charge in [-0.2, -0.15) is 38.3 Å². The highest BCUT2D eigenvalue weighted by molar-refractivity contribution is 7.94. The van der Waals surface area contributed by atoms with Crippen molar-refractivity contribution in [3.05, 3.63) is 47.5 Å². The number of benzene rings is 2. The smallest absolute Gasteiger partial charge is 0.295 e. The van der Waals surface area contributed by atoms with Crippen LogP contribution in [0.2, 0.25) is 0 Å². The summed E-state index contributed by atoms with van der Waals surface area (Å²) in [7, 11) is -4.72. The van der Waals surface area contributed by atoms with E-state index in [-0.39, 0.29) is 16.4 Å². The summed E-state index contributed by atoms with van der Waals surface area (Å²) in [5.41, 5.74) is 1.68.